The van der Waals surface area contributed by atoms with E-state index in [1.54, 1.807) is 29.7 Å². The van der Waals surface area contributed by atoms with Crippen molar-refractivity contribution in [3.63, 3.8) is 0 Å². The summed E-state index contributed by atoms with van der Waals surface area (Å²) in [6.45, 7) is 6.59. The maximum atomic E-state index is 12.6. The monoisotopic (exact) mass is 374 g/mol. The van der Waals surface area contributed by atoms with Crippen molar-refractivity contribution in [2.75, 3.05) is 18.1 Å². The summed E-state index contributed by atoms with van der Waals surface area (Å²) < 4.78 is 0. The fourth-order valence-electron chi connectivity index (χ4n) is 3.04. The number of hydrazone groups is 1. The maximum absolute atomic E-state index is 12.6. The molecule has 0 spiro atoms. The van der Waals surface area contributed by atoms with E-state index in [0.29, 0.717) is 18.5 Å². The van der Waals surface area contributed by atoms with Crippen molar-refractivity contribution in [2.24, 2.45) is 5.10 Å². The second-order valence-electron chi connectivity index (χ2n) is 5.99. The molecule has 2 heterocycles. The van der Waals surface area contributed by atoms with Crippen LogP contribution in [-0.4, -0.2) is 41.0 Å². The molecule has 0 saturated carbocycles. The summed E-state index contributed by atoms with van der Waals surface area (Å²) in [7, 11) is 0. The molecule has 0 atom stereocenters. The van der Waals surface area contributed by atoms with E-state index in [9.17, 15) is 9.59 Å². The minimum absolute atomic E-state index is 0.0566. The standard InChI is InChI=1S/C19H22N2O2S2/c1-4-9-25-18(14-11-20-21(5-2)19(14)23)13-6-7-16-17(12(13)3)15(22)8-10-24-16/h6-7,11H,4-5,8-10H2,1-3H3/b18-14+. The summed E-state index contributed by atoms with van der Waals surface area (Å²) in [6.07, 6.45) is 3.27. The number of fused-ring (bicyclic) bond motifs is 1. The highest BCUT2D eigenvalue weighted by atomic mass is 32.2. The van der Waals surface area contributed by atoms with Crippen LogP contribution in [0.2, 0.25) is 0 Å². The van der Waals surface area contributed by atoms with Crippen LogP contribution in [0, 0.1) is 6.92 Å². The summed E-state index contributed by atoms with van der Waals surface area (Å²) >= 11 is 3.41. The number of rotatable bonds is 5. The highest BCUT2D eigenvalue weighted by Crippen LogP contribution is 2.40. The molecule has 4 nitrogen and oxygen atoms in total. The zero-order valence-corrected chi connectivity index (χ0v) is 16.4. The van der Waals surface area contributed by atoms with Gasteiger partial charge in [-0.25, -0.2) is 5.01 Å². The van der Waals surface area contributed by atoms with E-state index in [-0.39, 0.29) is 11.7 Å². The van der Waals surface area contributed by atoms with Gasteiger partial charge in [-0.05, 0) is 43.2 Å². The average Bonchev–Trinajstić information content (AvgIpc) is 2.97. The minimum Gasteiger partial charge on any atom is -0.294 e. The molecule has 3 rings (SSSR count). The van der Waals surface area contributed by atoms with Crippen molar-refractivity contribution in [3.8, 4) is 0 Å². The van der Waals surface area contributed by atoms with Crippen LogP contribution in [0.4, 0.5) is 0 Å². The molecule has 0 unspecified atom stereocenters. The highest BCUT2D eigenvalue weighted by Gasteiger charge is 2.28. The molecule has 0 radical (unpaired) electrons. The van der Waals surface area contributed by atoms with Crippen LogP contribution in [0.1, 0.15) is 48.2 Å². The van der Waals surface area contributed by atoms with Gasteiger partial charge in [-0.1, -0.05) is 13.0 Å². The fourth-order valence-corrected chi connectivity index (χ4v) is 5.20. The van der Waals surface area contributed by atoms with Gasteiger partial charge in [0.1, 0.15) is 0 Å². The summed E-state index contributed by atoms with van der Waals surface area (Å²) in [4.78, 5) is 27.1. The number of benzene rings is 1. The van der Waals surface area contributed by atoms with E-state index >= 15 is 0 Å². The number of thioether (sulfide) groups is 2. The van der Waals surface area contributed by atoms with Crippen LogP contribution in [0.25, 0.3) is 4.91 Å². The zero-order chi connectivity index (χ0) is 18.0. The zero-order valence-electron chi connectivity index (χ0n) is 14.8. The Bertz CT molecular complexity index is 784. The highest BCUT2D eigenvalue weighted by molar-refractivity contribution is 8.08. The lowest BCUT2D eigenvalue weighted by atomic mass is 9.96. The summed E-state index contributed by atoms with van der Waals surface area (Å²) in [5.74, 6) is 1.92. The van der Waals surface area contributed by atoms with E-state index in [1.807, 2.05) is 19.9 Å². The van der Waals surface area contributed by atoms with Gasteiger partial charge in [-0.2, -0.15) is 5.10 Å². The van der Waals surface area contributed by atoms with Crippen molar-refractivity contribution in [2.45, 2.75) is 38.5 Å². The van der Waals surface area contributed by atoms with Crippen LogP contribution in [-0.2, 0) is 4.79 Å². The van der Waals surface area contributed by atoms with Crippen LogP contribution >= 0.6 is 23.5 Å². The Balaban J connectivity index is 2.13. The van der Waals surface area contributed by atoms with Crippen molar-refractivity contribution < 1.29 is 9.59 Å². The largest absolute Gasteiger partial charge is 0.294 e. The first-order valence-electron chi connectivity index (χ1n) is 8.61. The van der Waals surface area contributed by atoms with E-state index in [2.05, 4.69) is 18.1 Å². The third-order valence-electron chi connectivity index (χ3n) is 4.32. The average molecular weight is 375 g/mol. The lowest BCUT2D eigenvalue weighted by Gasteiger charge is -2.20. The molecule has 1 amide bonds. The molecule has 0 saturated heterocycles. The lowest BCUT2D eigenvalue weighted by molar-refractivity contribution is -0.125. The van der Waals surface area contributed by atoms with Gasteiger partial charge in [0.15, 0.2) is 5.78 Å². The Labute approximate surface area is 157 Å². The SMILES string of the molecule is CCCS/C(=C1\C=NN(CC)C1=O)c1ccc2c(c1C)C(=O)CCS2. The van der Waals surface area contributed by atoms with E-state index in [0.717, 1.165) is 44.4 Å². The first-order valence-corrected chi connectivity index (χ1v) is 10.6. The summed E-state index contributed by atoms with van der Waals surface area (Å²) in [6, 6.07) is 4.08. The number of carbonyl (C=O) groups excluding carboxylic acids is 2. The van der Waals surface area contributed by atoms with Gasteiger partial charge in [0.25, 0.3) is 5.91 Å². The molecule has 1 aromatic rings. The Morgan fingerprint density at radius 1 is 1.32 bits per heavy atom. The molecule has 2 aliphatic rings. The quantitative estimate of drug-likeness (QED) is 0.718. The molecule has 25 heavy (non-hydrogen) atoms. The Morgan fingerprint density at radius 3 is 2.80 bits per heavy atom. The van der Waals surface area contributed by atoms with Crippen LogP contribution in [0.15, 0.2) is 27.7 Å². The number of nitrogens with zero attached hydrogens (tertiary/aromatic N) is 2. The van der Waals surface area contributed by atoms with Gasteiger partial charge in [-0.15, -0.1) is 23.5 Å². The number of hydrogen-bond donors (Lipinski definition) is 0. The second-order valence-corrected chi connectivity index (χ2v) is 8.23. The minimum atomic E-state index is -0.0566. The molecule has 0 aliphatic carbocycles. The molecular weight excluding hydrogens is 352 g/mol. The maximum Gasteiger partial charge on any atom is 0.276 e. The number of hydrogen-bond acceptors (Lipinski definition) is 5. The molecule has 0 aromatic heterocycles. The third kappa shape index (κ3) is 3.42. The number of Topliss-reactive ketones (excluding diaryl/α,β-unsaturated/α-hetero) is 1. The van der Waals surface area contributed by atoms with E-state index < -0.39 is 0 Å². The molecule has 0 N–H and O–H groups in total. The Kier molecular flexibility index (Phi) is 5.69. The molecule has 1 aromatic carbocycles. The van der Waals surface area contributed by atoms with E-state index in [4.69, 9.17) is 0 Å². The first-order chi connectivity index (χ1) is 12.1. The van der Waals surface area contributed by atoms with Crippen LogP contribution in [0.5, 0.6) is 0 Å². The predicted octanol–water partition coefficient (Wildman–Crippen LogP) is 4.38. The Hall–Kier alpha value is -1.53. The summed E-state index contributed by atoms with van der Waals surface area (Å²) in [5, 5.41) is 5.70. The van der Waals surface area contributed by atoms with Crippen LogP contribution in [0.3, 0.4) is 0 Å². The van der Waals surface area contributed by atoms with Crippen molar-refractivity contribution >= 4 is 46.3 Å². The predicted molar refractivity (Wildman–Crippen MR) is 106 cm³/mol. The van der Waals surface area contributed by atoms with Crippen molar-refractivity contribution in [3.05, 3.63) is 34.4 Å². The fraction of sp³-hybridized carbons (Fsp3) is 0.421. The van der Waals surface area contributed by atoms with Crippen LogP contribution < -0.4 is 0 Å². The topological polar surface area (TPSA) is 49.7 Å². The molecule has 132 valence electrons. The molecule has 0 bridgehead atoms. The Morgan fingerprint density at radius 2 is 2.12 bits per heavy atom. The number of carbonyl (C=O) groups is 2. The van der Waals surface area contributed by atoms with Gasteiger partial charge in [0.2, 0.25) is 0 Å². The summed E-state index contributed by atoms with van der Waals surface area (Å²) in [5.41, 5.74) is 3.44. The van der Waals surface area contributed by atoms with Crippen molar-refractivity contribution in [1.29, 1.82) is 0 Å². The number of amides is 1. The number of likely N-dealkylation sites (N-methyl/N-ethyl adjacent to an activating group) is 1. The van der Waals surface area contributed by atoms with Gasteiger partial charge < -0.3 is 0 Å². The van der Waals surface area contributed by atoms with Gasteiger partial charge in [0.05, 0.1) is 11.8 Å². The van der Waals surface area contributed by atoms with Crippen molar-refractivity contribution in [1.82, 2.24) is 5.01 Å². The molecule has 6 heteroatoms. The van der Waals surface area contributed by atoms with Gasteiger partial charge >= 0.3 is 0 Å². The molecular formula is C19H22N2O2S2. The number of ketones is 1. The first kappa shape index (κ1) is 18.3. The lowest BCUT2D eigenvalue weighted by Crippen LogP contribution is -2.22. The normalized spacial score (nSPS) is 18.8. The second kappa shape index (κ2) is 7.79. The van der Waals surface area contributed by atoms with Gasteiger partial charge in [-0.3, -0.25) is 9.59 Å². The molecule has 2 aliphatic heterocycles. The molecule has 0 fully saturated rings. The van der Waals surface area contributed by atoms with Gasteiger partial charge in [0, 0.05) is 34.1 Å². The smallest absolute Gasteiger partial charge is 0.276 e. The third-order valence-corrected chi connectivity index (χ3v) is 6.72. The van der Waals surface area contributed by atoms with E-state index in [1.165, 1.54) is 5.01 Å².